The summed E-state index contributed by atoms with van der Waals surface area (Å²) < 4.78 is 1.73. The normalized spacial score (nSPS) is 10.9. The van der Waals surface area contributed by atoms with Crippen molar-refractivity contribution in [2.45, 2.75) is 26.7 Å². The Labute approximate surface area is 97.5 Å². The summed E-state index contributed by atoms with van der Waals surface area (Å²) in [6.07, 6.45) is 1.79. The lowest BCUT2D eigenvalue weighted by Gasteiger charge is -1.97. The molecule has 86 valence electrons. The number of aromatic nitrogens is 5. The Kier molecular flexibility index (Phi) is 3.25. The van der Waals surface area contributed by atoms with Crippen LogP contribution in [-0.4, -0.2) is 31.7 Å². The summed E-state index contributed by atoms with van der Waals surface area (Å²) in [6, 6.07) is 0. The van der Waals surface area contributed by atoms with Crippen LogP contribution in [0.25, 0.3) is 5.13 Å². The fraction of sp³-hybridized carbons (Fsp3) is 0.556. The molecule has 16 heavy (non-hydrogen) atoms. The number of nitrogens with two attached hydrogens (primary N) is 1. The third-order valence-electron chi connectivity index (χ3n) is 2.30. The van der Waals surface area contributed by atoms with Crippen LogP contribution in [0.3, 0.4) is 0 Å². The van der Waals surface area contributed by atoms with Crippen molar-refractivity contribution < 1.29 is 0 Å². The van der Waals surface area contributed by atoms with Gasteiger partial charge in [0.05, 0.1) is 11.4 Å². The molecule has 0 bridgehead atoms. The minimum absolute atomic E-state index is 0.671. The second-order valence-electron chi connectivity index (χ2n) is 3.53. The van der Waals surface area contributed by atoms with Crippen LogP contribution in [0.4, 0.5) is 0 Å². The van der Waals surface area contributed by atoms with Gasteiger partial charge in [0.25, 0.3) is 0 Å². The molecule has 0 aromatic carbocycles. The van der Waals surface area contributed by atoms with Gasteiger partial charge >= 0.3 is 0 Å². The van der Waals surface area contributed by atoms with Gasteiger partial charge in [-0.05, 0) is 33.2 Å². The molecule has 0 fully saturated rings. The van der Waals surface area contributed by atoms with Crippen LogP contribution >= 0.6 is 11.3 Å². The Morgan fingerprint density at radius 1 is 1.25 bits per heavy atom. The Hall–Kier alpha value is -1.34. The number of nitrogens with zero attached hydrogens (tertiary/aromatic N) is 5. The zero-order valence-electron chi connectivity index (χ0n) is 9.34. The molecule has 2 heterocycles. The summed E-state index contributed by atoms with van der Waals surface area (Å²) in [5, 5.41) is 17.9. The van der Waals surface area contributed by atoms with Crippen LogP contribution in [0, 0.1) is 13.8 Å². The molecule has 6 nitrogen and oxygen atoms in total. The van der Waals surface area contributed by atoms with Gasteiger partial charge in [0, 0.05) is 0 Å². The van der Waals surface area contributed by atoms with E-state index < -0.39 is 0 Å². The number of hydrogen-bond acceptors (Lipinski definition) is 6. The van der Waals surface area contributed by atoms with Gasteiger partial charge in [-0.15, -0.1) is 15.3 Å². The predicted molar refractivity (Wildman–Crippen MR) is 61.7 cm³/mol. The van der Waals surface area contributed by atoms with Crippen molar-refractivity contribution >= 4 is 11.3 Å². The number of rotatable bonds is 4. The first kappa shape index (κ1) is 11.2. The van der Waals surface area contributed by atoms with Crippen molar-refractivity contribution in [3.63, 3.8) is 0 Å². The van der Waals surface area contributed by atoms with E-state index in [1.165, 1.54) is 11.3 Å². The van der Waals surface area contributed by atoms with Crippen molar-refractivity contribution in [1.29, 1.82) is 0 Å². The fourth-order valence-corrected chi connectivity index (χ4v) is 2.10. The molecule has 0 radical (unpaired) electrons. The van der Waals surface area contributed by atoms with Gasteiger partial charge in [0.15, 0.2) is 0 Å². The van der Waals surface area contributed by atoms with Crippen molar-refractivity contribution in [1.82, 2.24) is 25.2 Å². The maximum atomic E-state index is 5.47. The number of hydrogen-bond donors (Lipinski definition) is 1. The average molecular weight is 238 g/mol. The van der Waals surface area contributed by atoms with Crippen LogP contribution in [0.1, 0.15) is 22.8 Å². The minimum atomic E-state index is 0.671. The van der Waals surface area contributed by atoms with Crippen LogP contribution in [0.2, 0.25) is 0 Å². The summed E-state index contributed by atoms with van der Waals surface area (Å²) in [6.45, 7) is 4.58. The zero-order chi connectivity index (χ0) is 11.5. The molecular weight excluding hydrogens is 224 g/mol. The second kappa shape index (κ2) is 4.67. The van der Waals surface area contributed by atoms with E-state index in [1.54, 1.807) is 4.68 Å². The standard InChI is InChI=1S/C9H14N6S/c1-6-8(4-3-5-10)12-14-15(6)9-13-11-7(2)16-9/h3-5,10H2,1-2H3. The van der Waals surface area contributed by atoms with E-state index >= 15 is 0 Å². The predicted octanol–water partition coefficient (Wildman–Crippen LogP) is 0.627. The molecule has 0 atom stereocenters. The van der Waals surface area contributed by atoms with Gasteiger partial charge < -0.3 is 5.73 Å². The molecule has 0 spiro atoms. The fourth-order valence-electron chi connectivity index (χ4n) is 1.41. The van der Waals surface area contributed by atoms with Crippen molar-refractivity contribution in [2.24, 2.45) is 5.73 Å². The molecule has 0 aliphatic rings. The SMILES string of the molecule is Cc1nnc(-n2nnc(CCCN)c2C)s1. The highest BCUT2D eigenvalue weighted by Gasteiger charge is 2.12. The maximum absolute atomic E-state index is 5.47. The number of aryl methyl sites for hydroxylation is 2. The van der Waals surface area contributed by atoms with Crippen LogP contribution < -0.4 is 5.73 Å². The van der Waals surface area contributed by atoms with Crippen LogP contribution in [-0.2, 0) is 6.42 Å². The maximum Gasteiger partial charge on any atom is 0.234 e. The quantitative estimate of drug-likeness (QED) is 0.844. The molecule has 0 aliphatic heterocycles. The van der Waals surface area contributed by atoms with E-state index in [4.69, 9.17) is 5.73 Å². The molecule has 2 N–H and O–H groups in total. The highest BCUT2D eigenvalue weighted by atomic mass is 32.1. The monoisotopic (exact) mass is 238 g/mol. The molecular formula is C9H14N6S. The first-order valence-electron chi connectivity index (χ1n) is 5.14. The zero-order valence-corrected chi connectivity index (χ0v) is 10.2. The third-order valence-corrected chi connectivity index (χ3v) is 3.12. The Balaban J connectivity index is 2.26. The first-order valence-corrected chi connectivity index (χ1v) is 5.95. The molecule has 0 unspecified atom stereocenters. The smallest absolute Gasteiger partial charge is 0.234 e. The molecule has 2 rings (SSSR count). The van der Waals surface area contributed by atoms with Crippen molar-refractivity contribution in [2.75, 3.05) is 6.54 Å². The molecule has 0 amide bonds. The summed E-state index contributed by atoms with van der Waals surface area (Å²) >= 11 is 1.51. The van der Waals surface area contributed by atoms with Gasteiger partial charge in [-0.1, -0.05) is 16.6 Å². The summed E-state index contributed by atoms with van der Waals surface area (Å²) in [5.74, 6) is 0. The molecule has 0 saturated heterocycles. The van der Waals surface area contributed by atoms with Gasteiger partial charge in [0.2, 0.25) is 5.13 Å². The van der Waals surface area contributed by atoms with E-state index in [9.17, 15) is 0 Å². The van der Waals surface area contributed by atoms with E-state index in [-0.39, 0.29) is 0 Å². The van der Waals surface area contributed by atoms with Gasteiger partial charge in [-0.3, -0.25) is 0 Å². The first-order chi connectivity index (χ1) is 7.72. The molecule has 2 aromatic heterocycles. The third kappa shape index (κ3) is 2.10. The summed E-state index contributed by atoms with van der Waals surface area (Å²) in [5.41, 5.74) is 7.48. The molecule has 7 heteroatoms. The molecule has 0 saturated carbocycles. The van der Waals surface area contributed by atoms with Crippen LogP contribution in [0.5, 0.6) is 0 Å². The average Bonchev–Trinajstić information content (AvgIpc) is 2.83. The Morgan fingerprint density at radius 2 is 2.06 bits per heavy atom. The highest BCUT2D eigenvalue weighted by Crippen LogP contribution is 2.16. The van der Waals surface area contributed by atoms with E-state index in [0.29, 0.717) is 6.54 Å². The van der Waals surface area contributed by atoms with Crippen molar-refractivity contribution in [3.05, 3.63) is 16.4 Å². The topological polar surface area (TPSA) is 82.5 Å². The minimum Gasteiger partial charge on any atom is -0.330 e. The Morgan fingerprint density at radius 3 is 2.69 bits per heavy atom. The van der Waals surface area contributed by atoms with Crippen LogP contribution in [0.15, 0.2) is 0 Å². The van der Waals surface area contributed by atoms with E-state index in [0.717, 1.165) is 34.4 Å². The van der Waals surface area contributed by atoms with E-state index in [1.807, 2.05) is 13.8 Å². The largest absolute Gasteiger partial charge is 0.330 e. The van der Waals surface area contributed by atoms with Crippen molar-refractivity contribution in [3.8, 4) is 5.13 Å². The molecule has 0 aliphatic carbocycles. The lowest BCUT2D eigenvalue weighted by atomic mass is 10.2. The second-order valence-corrected chi connectivity index (χ2v) is 4.69. The Bertz CT molecular complexity index is 474. The highest BCUT2D eigenvalue weighted by molar-refractivity contribution is 7.13. The lowest BCUT2D eigenvalue weighted by Crippen LogP contribution is -2.02. The van der Waals surface area contributed by atoms with Gasteiger partial charge in [-0.25, -0.2) is 0 Å². The summed E-state index contributed by atoms with van der Waals surface area (Å²) in [4.78, 5) is 0. The summed E-state index contributed by atoms with van der Waals surface area (Å²) in [7, 11) is 0. The van der Waals surface area contributed by atoms with E-state index in [2.05, 4.69) is 20.5 Å². The molecule has 2 aromatic rings. The van der Waals surface area contributed by atoms with Gasteiger partial charge in [0.1, 0.15) is 5.01 Å². The lowest BCUT2D eigenvalue weighted by molar-refractivity contribution is 0.761. The van der Waals surface area contributed by atoms with Gasteiger partial charge in [-0.2, -0.15) is 4.68 Å².